The first kappa shape index (κ1) is 23.3. The molecule has 1 aromatic rings. The first-order chi connectivity index (χ1) is 14.4. The van der Waals surface area contributed by atoms with Crippen LogP contribution in [0.5, 0.6) is 0 Å². The van der Waals surface area contributed by atoms with Gasteiger partial charge in [-0.2, -0.15) is 8.42 Å². The maximum absolute atomic E-state index is 13.6. The predicted molar refractivity (Wildman–Crippen MR) is 115 cm³/mol. The Morgan fingerprint density at radius 3 is 2.52 bits per heavy atom. The molecule has 0 aromatic heterocycles. The number of cyclic esters (lactones) is 1. The van der Waals surface area contributed by atoms with Gasteiger partial charge < -0.3 is 9.84 Å². The molecule has 168 valence electrons. The number of aliphatic imine (C=N–C) groups is 1. The summed E-state index contributed by atoms with van der Waals surface area (Å²) in [6, 6.07) is 5.40. The number of esters is 1. The van der Waals surface area contributed by atoms with E-state index in [0.29, 0.717) is 25.0 Å². The third-order valence-electron chi connectivity index (χ3n) is 5.88. The van der Waals surface area contributed by atoms with Crippen LogP contribution in [0.15, 0.2) is 47.0 Å². The molecule has 2 unspecified atom stereocenters. The molecule has 3 atom stereocenters. The first-order valence-corrected chi connectivity index (χ1v) is 12.0. The van der Waals surface area contributed by atoms with Crippen LogP contribution in [0.25, 0.3) is 5.70 Å². The normalized spacial score (nSPS) is 29.6. The van der Waals surface area contributed by atoms with Crippen molar-refractivity contribution in [2.75, 3.05) is 19.9 Å². The van der Waals surface area contributed by atoms with E-state index in [2.05, 4.69) is 4.99 Å². The highest BCUT2D eigenvalue weighted by molar-refractivity contribution is 7.85. The Kier molecular flexibility index (Phi) is 6.23. The number of benzene rings is 1. The summed E-state index contributed by atoms with van der Waals surface area (Å²) in [5.41, 5.74) is -0.830. The van der Waals surface area contributed by atoms with Gasteiger partial charge in [-0.1, -0.05) is 26.0 Å². The van der Waals surface area contributed by atoms with Gasteiger partial charge in [0.1, 0.15) is 5.82 Å². The lowest BCUT2D eigenvalue weighted by molar-refractivity contribution is -0.593. The Morgan fingerprint density at radius 2 is 1.97 bits per heavy atom. The number of carbonyl (C=O) groups is 1. The van der Waals surface area contributed by atoms with Crippen molar-refractivity contribution in [1.82, 2.24) is 0 Å². The minimum absolute atomic E-state index is 0.239. The summed E-state index contributed by atoms with van der Waals surface area (Å²) in [6.07, 6.45) is 6.77. The molecule has 1 fully saturated rings. The lowest BCUT2D eigenvalue weighted by atomic mass is 9.86. The van der Waals surface area contributed by atoms with Gasteiger partial charge in [-0.05, 0) is 37.1 Å². The fourth-order valence-corrected chi connectivity index (χ4v) is 4.51. The van der Waals surface area contributed by atoms with Crippen molar-refractivity contribution in [3.05, 3.63) is 53.4 Å². The second kappa shape index (κ2) is 8.29. The zero-order valence-corrected chi connectivity index (χ0v) is 18.9. The van der Waals surface area contributed by atoms with Crippen molar-refractivity contribution in [3.63, 3.8) is 0 Å². The number of carbonyl (C=O) groups excluding carboxylic acids is 1. The van der Waals surface area contributed by atoms with Crippen LogP contribution < -0.4 is 0 Å². The molecule has 1 saturated heterocycles. The molecule has 2 aliphatic heterocycles. The standard InChI is InChI=1S/C22H28FN2O5S/c1-15(2)22(27)19(12-9-17-6-5-13-30-21(17)26)20(16-7-10-18(23)11-8-16)25(3,14-24-22)31(4,28)29/h7-12,14-15,17,27H,5-6,13H2,1-4H3/q+1/t17?,22?,25-/m0/s1. The quantitative estimate of drug-likeness (QED) is 0.549. The molecule has 0 amide bonds. The summed E-state index contributed by atoms with van der Waals surface area (Å²) in [7, 11) is -2.35. The summed E-state index contributed by atoms with van der Waals surface area (Å²) in [6.45, 7) is 3.90. The van der Waals surface area contributed by atoms with E-state index in [1.807, 2.05) is 0 Å². The predicted octanol–water partition coefficient (Wildman–Crippen LogP) is 2.84. The third-order valence-corrected chi connectivity index (χ3v) is 7.54. The van der Waals surface area contributed by atoms with Crippen LogP contribution in [0.2, 0.25) is 0 Å². The van der Waals surface area contributed by atoms with Crippen LogP contribution in [-0.2, 0) is 19.6 Å². The molecule has 1 N–H and O–H groups in total. The van der Waals surface area contributed by atoms with Gasteiger partial charge in [0, 0.05) is 11.5 Å². The molecule has 0 saturated carbocycles. The lowest BCUT2D eigenvalue weighted by Gasteiger charge is -2.39. The Labute approximate surface area is 182 Å². The van der Waals surface area contributed by atoms with Crippen molar-refractivity contribution in [3.8, 4) is 0 Å². The maximum atomic E-state index is 13.6. The number of halogens is 1. The van der Waals surface area contributed by atoms with Crippen LogP contribution in [0, 0.1) is 17.7 Å². The molecular formula is C22H28FN2O5S+. The van der Waals surface area contributed by atoms with E-state index >= 15 is 0 Å². The number of nitrogens with zero attached hydrogens (tertiary/aromatic N) is 2. The van der Waals surface area contributed by atoms with Gasteiger partial charge in [0.2, 0.25) is 6.34 Å². The molecule has 2 heterocycles. The van der Waals surface area contributed by atoms with Crippen molar-refractivity contribution < 1.29 is 31.3 Å². The summed E-state index contributed by atoms with van der Waals surface area (Å²) in [5.74, 6) is -1.75. The fourth-order valence-electron chi connectivity index (χ4n) is 3.76. The first-order valence-electron chi connectivity index (χ1n) is 10.1. The Morgan fingerprint density at radius 1 is 1.32 bits per heavy atom. The van der Waals surface area contributed by atoms with E-state index in [9.17, 15) is 22.7 Å². The van der Waals surface area contributed by atoms with E-state index in [1.165, 1.54) is 37.7 Å². The van der Waals surface area contributed by atoms with Gasteiger partial charge in [0.25, 0.3) is 0 Å². The largest absolute Gasteiger partial charge is 0.465 e. The second-order valence-corrected chi connectivity index (χ2v) is 10.6. The Bertz CT molecular complexity index is 1060. The number of hydrogen-bond acceptors (Lipinski definition) is 6. The molecule has 7 nitrogen and oxygen atoms in total. The molecule has 0 aliphatic carbocycles. The second-order valence-electron chi connectivity index (χ2n) is 8.39. The third kappa shape index (κ3) is 4.22. The number of aliphatic hydroxyl groups is 1. The zero-order valence-electron chi connectivity index (χ0n) is 18.1. The van der Waals surface area contributed by atoms with Crippen molar-refractivity contribution in [1.29, 1.82) is 0 Å². The summed E-state index contributed by atoms with van der Waals surface area (Å²) in [5, 5.41) is 11.5. The average Bonchev–Trinajstić information content (AvgIpc) is 2.69. The van der Waals surface area contributed by atoms with Crippen molar-refractivity contribution in [2.45, 2.75) is 32.4 Å². The van der Waals surface area contributed by atoms with E-state index in [4.69, 9.17) is 4.74 Å². The number of quaternary nitrogens is 1. The molecular weight excluding hydrogens is 423 g/mol. The van der Waals surface area contributed by atoms with Crippen LogP contribution in [0.3, 0.4) is 0 Å². The van der Waals surface area contributed by atoms with E-state index in [0.717, 1.165) is 6.26 Å². The molecule has 2 aliphatic rings. The molecule has 0 bridgehead atoms. The number of hydrogen-bond donors (Lipinski definition) is 1. The summed E-state index contributed by atoms with van der Waals surface area (Å²) >= 11 is 0. The highest BCUT2D eigenvalue weighted by atomic mass is 32.2. The smallest absolute Gasteiger partial charge is 0.312 e. The van der Waals surface area contributed by atoms with Gasteiger partial charge in [-0.25, -0.2) is 9.38 Å². The minimum Gasteiger partial charge on any atom is -0.465 e. The molecule has 1 aromatic carbocycles. The van der Waals surface area contributed by atoms with Crippen LogP contribution in [0.1, 0.15) is 32.3 Å². The summed E-state index contributed by atoms with van der Waals surface area (Å²) < 4.78 is 43.7. The van der Waals surface area contributed by atoms with Gasteiger partial charge in [-0.15, -0.1) is 3.89 Å². The van der Waals surface area contributed by atoms with Crippen molar-refractivity contribution in [2.24, 2.45) is 16.8 Å². The topological polar surface area (TPSA) is 93.0 Å². The Hall–Kier alpha value is -2.36. The number of ether oxygens (including phenoxy) is 1. The average molecular weight is 452 g/mol. The van der Waals surface area contributed by atoms with Crippen LogP contribution in [-0.4, -0.2) is 55.4 Å². The van der Waals surface area contributed by atoms with Gasteiger partial charge in [-0.3, -0.25) is 4.79 Å². The molecule has 31 heavy (non-hydrogen) atoms. The minimum atomic E-state index is -3.80. The summed E-state index contributed by atoms with van der Waals surface area (Å²) in [4.78, 5) is 16.4. The highest BCUT2D eigenvalue weighted by Gasteiger charge is 2.50. The molecule has 3 rings (SSSR count). The van der Waals surface area contributed by atoms with Crippen molar-refractivity contribution >= 4 is 28.0 Å². The van der Waals surface area contributed by atoms with E-state index < -0.39 is 37.3 Å². The zero-order chi connectivity index (χ0) is 23.0. The maximum Gasteiger partial charge on any atom is 0.312 e. The molecule has 9 heteroatoms. The van der Waals surface area contributed by atoms with Gasteiger partial charge in [0.05, 0.1) is 31.4 Å². The van der Waals surface area contributed by atoms with Crippen LogP contribution >= 0.6 is 0 Å². The number of sulfonamides is 1. The van der Waals surface area contributed by atoms with Crippen LogP contribution in [0.4, 0.5) is 4.39 Å². The molecule has 0 radical (unpaired) electrons. The monoisotopic (exact) mass is 451 g/mol. The van der Waals surface area contributed by atoms with E-state index in [1.54, 1.807) is 26.0 Å². The lowest BCUT2D eigenvalue weighted by Crippen LogP contribution is -2.52. The Balaban J connectivity index is 2.30. The SMILES string of the molecule is CC(C)C1(O)N=C[N@+](C)(S(C)(=O)=O)C(c2ccc(F)cc2)=C1C=CC1CCCOC1=O. The van der Waals surface area contributed by atoms with Gasteiger partial charge >= 0.3 is 16.0 Å². The van der Waals surface area contributed by atoms with Gasteiger partial charge in [0.15, 0.2) is 11.4 Å². The number of rotatable bonds is 5. The molecule has 0 spiro atoms. The van der Waals surface area contributed by atoms with E-state index in [-0.39, 0.29) is 17.2 Å². The fraction of sp³-hybridized carbons (Fsp3) is 0.455. The highest BCUT2D eigenvalue weighted by Crippen LogP contribution is 2.43.